The molecule has 0 saturated carbocycles. The van der Waals surface area contributed by atoms with Gasteiger partial charge in [-0.05, 0) is 49.7 Å². The first-order valence-corrected chi connectivity index (χ1v) is 10.7. The highest BCUT2D eigenvalue weighted by atomic mass is 19.4. The minimum atomic E-state index is -4.73. The number of carbonyl (C=O) groups excluding carboxylic acids is 1. The molecule has 11 heteroatoms. The fourth-order valence-corrected chi connectivity index (χ4v) is 4.19. The highest BCUT2D eigenvalue weighted by molar-refractivity contribution is 5.91. The van der Waals surface area contributed by atoms with Crippen molar-refractivity contribution in [2.24, 2.45) is 0 Å². The first-order chi connectivity index (χ1) is 16.2. The lowest BCUT2D eigenvalue weighted by atomic mass is 10.1. The molecule has 1 atom stereocenters. The number of carbonyl (C=O) groups is 1. The van der Waals surface area contributed by atoms with Crippen molar-refractivity contribution in [1.82, 2.24) is 24.5 Å². The molecule has 0 spiro atoms. The molecule has 1 aliphatic heterocycles. The fourth-order valence-electron chi connectivity index (χ4n) is 4.19. The van der Waals surface area contributed by atoms with Gasteiger partial charge in [-0.3, -0.25) is 4.79 Å². The maximum atomic E-state index is 13.7. The Morgan fingerprint density at radius 2 is 1.94 bits per heavy atom. The number of nitrogens with zero attached hydrogens (tertiary/aromatic N) is 6. The van der Waals surface area contributed by atoms with Crippen molar-refractivity contribution in [3.8, 4) is 11.5 Å². The molecule has 4 aromatic rings. The van der Waals surface area contributed by atoms with Crippen LogP contribution in [0.2, 0.25) is 0 Å². The molecule has 34 heavy (non-hydrogen) atoms. The molecule has 0 aliphatic carbocycles. The number of fused-ring (bicyclic) bond motifs is 1. The summed E-state index contributed by atoms with van der Waals surface area (Å²) in [7, 11) is 0. The molecule has 1 saturated heterocycles. The van der Waals surface area contributed by atoms with E-state index in [2.05, 4.69) is 26.0 Å². The highest BCUT2D eigenvalue weighted by Gasteiger charge is 2.37. The van der Waals surface area contributed by atoms with E-state index in [0.29, 0.717) is 24.1 Å². The molecule has 4 heterocycles. The van der Waals surface area contributed by atoms with Crippen LogP contribution in [0, 0.1) is 6.92 Å². The van der Waals surface area contributed by atoms with Gasteiger partial charge in [0.05, 0.1) is 6.26 Å². The zero-order valence-corrected chi connectivity index (χ0v) is 18.5. The largest absolute Gasteiger partial charge is 0.463 e. The minimum absolute atomic E-state index is 0.00551. The first-order valence-electron chi connectivity index (χ1n) is 10.7. The number of piperazine rings is 1. The molecule has 1 fully saturated rings. The summed E-state index contributed by atoms with van der Waals surface area (Å²) in [6.45, 7) is 5.38. The standard InChI is InChI=1S/C23H21F3N6O2/c1-14-5-3-6-16(11-14)31-9-8-30(13-15(31)2)21(33)20-28-22-27-17(18-7-4-10-34-18)12-19(23(24,25)26)32(22)29-20/h3-7,10-12,15H,8-9,13H2,1-2H3/t15-/m0/s1. The van der Waals surface area contributed by atoms with Crippen LogP contribution < -0.4 is 4.90 Å². The van der Waals surface area contributed by atoms with E-state index in [0.717, 1.165) is 17.3 Å². The molecular weight excluding hydrogens is 449 g/mol. The summed E-state index contributed by atoms with van der Waals surface area (Å²) in [6.07, 6.45) is -3.39. The van der Waals surface area contributed by atoms with E-state index in [9.17, 15) is 18.0 Å². The van der Waals surface area contributed by atoms with Crippen molar-refractivity contribution in [3.05, 3.63) is 65.8 Å². The summed E-state index contributed by atoms with van der Waals surface area (Å²) in [5.41, 5.74) is 1.07. The van der Waals surface area contributed by atoms with Gasteiger partial charge in [-0.1, -0.05) is 12.1 Å². The van der Waals surface area contributed by atoms with Gasteiger partial charge < -0.3 is 14.2 Å². The van der Waals surface area contributed by atoms with E-state index in [4.69, 9.17) is 4.42 Å². The molecule has 176 valence electrons. The third-order valence-electron chi connectivity index (χ3n) is 5.82. The van der Waals surface area contributed by atoms with E-state index >= 15 is 0 Å². The second kappa shape index (κ2) is 8.15. The van der Waals surface area contributed by atoms with Crippen LogP contribution in [0.3, 0.4) is 0 Å². The topological polar surface area (TPSA) is 79.8 Å². The van der Waals surface area contributed by atoms with Gasteiger partial charge >= 0.3 is 6.18 Å². The van der Waals surface area contributed by atoms with E-state index in [1.807, 2.05) is 32.0 Å². The smallest absolute Gasteiger partial charge is 0.433 e. The number of furan rings is 1. The maximum absolute atomic E-state index is 13.7. The van der Waals surface area contributed by atoms with Gasteiger partial charge in [0.15, 0.2) is 11.5 Å². The number of hydrogen-bond acceptors (Lipinski definition) is 6. The Bertz CT molecular complexity index is 1350. The monoisotopic (exact) mass is 470 g/mol. The number of aryl methyl sites for hydroxylation is 1. The van der Waals surface area contributed by atoms with E-state index in [1.165, 1.54) is 12.3 Å². The number of aromatic nitrogens is 4. The number of alkyl halides is 3. The van der Waals surface area contributed by atoms with Crippen molar-refractivity contribution in [3.63, 3.8) is 0 Å². The van der Waals surface area contributed by atoms with Crippen LogP contribution in [-0.2, 0) is 6.18 Å². The van der Waals surface area contributed by atoms with Crippen molar-refractivity contribution in [2.45, 2.75) is 26.1 Å². The zero-order chi connectivity index (χ0) is 24.0. The molecule has 8 nitrogen and oxygen atoms in total. The van der Waals surface area contributed by atoms with Crippen LogP contribution in [0.5, 0.6) is 0 Å². The second-order valence-corrected chi connectivity index (χ2v) is 8.28. The summed E-state index contributed by atoms with van der Waals surface area (Å²) in [5.74, 6) is -1.03. The summed E-state index contributed by atoms with van der Waals surface area (Å²) in [4.78, 5) is 25.1. The third-order valence-corrected chi connectivity index (χ3v) is 5.82. The third kappa shape index (κ3) is 3.97. The quantitative estimate of drug-likeness (QED) is 0.449. The Morgan fingerprint density at radius 1 is 1.12 bits per heavy atom. The Kier molecular flexibility index (Phi) is 5.26. The Morgan fingerprint density at radius 3 is 2.62 bits per heavy atom. The van der Waals surface area contributed by atoms with Crippen LogP contribution in [-0.4, -0.2) is 56.1 Å². The molecule has 1 amide bonds. The number of amides is 1. The van der Waals surface area contributed by atoms with Crippen molar-refractivity contribution >= 4 is 17.4 Å². The fraction of sp³-hybridized carbons (Fsp3) is 0.304. The number of anilines is 1. The van der Waals surface area contributed by atoms with Gasteiger partial charge in [-0.15, -0.1) is 5.10 Å². The van der Waals surface area contributed by atoms with E-state index in [-0.39, 0.29) is 29.1 Å². The van der Waals surface area contributed by atoms with Gasteiger partial charge in [0.25, 0.3) is 11.7 Å². The molecule has 1 aliphatic rings. The van der Waals surface area contributed by atoms with Crippen molar-refractivity contribution in [2.75, 3.05) is 24.5 Å². The number of benzene rings is 1. The van der Waals surface area contributed by atoms with E-state index < -0.39 is 17.8 Å². The lowest BCUT2D eigenvalue weighted by molar-refractivity contribution is -0.142. The lowest BCUT2D eigenvalue weighted by Gasteiger charge is -2.41. The molecule has 1 aromatic carbocycles. The Balaban J connectivity index is 1.44. The number of halogens is 3. The van der Waals surface area contributed by atoms with Gasteiger partial charge in [0.1, 0.15) is 5.69 Å². The van der Waals surface area contributed by atoms with Crippen molar-refractivity contribution in [1.29, 1.82) is 0 Å². The SMILES string of the molecule is Cc1cccc(N2CCN(C(=O)c3nc4nc(-c5ccco5)cc(C(F)(F)F)n4n3)C[C@@H]2C)c1. The predicted octanol–water partition coefficient (Wildman–Crippen LogP) is 4.06. The number of hydrogen-bond donors (Lipinski definition) is 0. The summed E-state index contributed by atoms with van der Waals surface area (Å²) in [5, 5.41) is 3.88. The normalized spacial score (nSPS) is 16.9. The Labute approximate surface area is 192 Å². The van der Waals surface area contributed by atoms with Crippen LogP contribution in [0.15, 0.2) is 53.1 Å². The molecule has 3 aromatic heterocycles. The van der Waals surface area contributed by atoms with Crippen molar-refractivity contribution < 1.29 is 22.4 Å². The van der Waals surface area contributed by atoms with E-state index in [1.54, 1.807) is 11.0 Å². The second-order valence-electron chi connectivity index (χ2n) is 8.28. The average Bonchev–Trinajstić information content (AvgIpc) is 3.47. The lowest BCUT2D eigenvalue weighted by Crippen LogP contribution is -2.54. The maximum Gasteiger partial charge on any atom is 0.433 e. The first kappa shape index (κ1) is 21.9. The summed E-state index contributed by atoms with van der Waals surface area (Å²) in [6, 6.07) is 12.0. The predicted molar refractivity (Wildman–Crippen MR) is 117 cm³/mol. The highest BCUT2D eigenvalue weighted by Crippen LogP contribution is 2.32. The molecule has 0 N–H and O–H groups in total. The van der Waals surface area contributed by atoms with Gasteiger partial charge in [0, 0.05) is 31.4 Å². The summed E-state index contributed by atoms with van der Waals surface area (Å²) >= 11 is 0. The van der Waals surface area contributed by atoms with Crippen LogP contribution in [0.25, 0.3) is 17.2 Å². The zero-order valence-electron chi connectivity index (χ0n) is 18.5. The summed E-state index contributed by atoms with van der Waals surface area (Å²) < 4.78 is 47.0. The number of rotatable bonds is 3. The van der Waals surface area contributed by atoms with Crippen LogP contribution >= 0.6 is 0 Å². The van der Waals surface area contributed by atoms with Crippen LogP contribution in [0.4, 0.5) is 18.9 Å². The molecule has 0 bridgehead atoms. The Hall–Kier alpha value is -3.89. The average molecular weight is 470 g/mol. The van der Waals surface area contributed by atoms with Gasteiger partial charge in [-0.2, -0.15) is 22.7 Å². The van der Waals surface area contributed by atoms with Gasteiger partial charge in [-0.25, -0.2) is 4.98 Å². The van der Waals surface area contributed by atoms with Gasteiger partial charge in [0.2, 0.25) is 5.82 Å². The molecule has 5 rings (SSSR count). The van der Waals surface area contributed by atoms with Crippen LogP contribution in [0.1, 0.15) is 28.8 Å². The molecular formula is C23H21F3N6O2. The molecule has 0 unspecified atom stereocenters. The molecule has 0 radical (unpaired) electrons. The minimum Gasteiger partial charge on any atom is -0.463 e.